The molecule has 1 fully saturated rings. The molecule has 1 saturated heterocycles. The van der Waals surface area contributed by atoms with Crippen molar-refractivity contribution in [3.05, 3.63) is 53.6 Å². The molecule has 34 heavy (non-hydrogen) atoms. The van der Waals surface area contributed by atoms with Crippen LogP contribution in [0.15, 0.2) is 47.4 Å². The van der Waals surface area contributed by atoms with Gasteiger partial charge in [-0.2, -0.15) is 4.31 Å². The number of rotatable bonds is 9. The van der Waals surface area contributed by atoms with Crippen molar-refractivity contribution in [1.82, 2.24) is 14.5 Å². The van der Waals surface area contributed by atoms with Crippen LogP contribution < -0.4 is 14.8 Å². The average molecular weight is 490 g/mol. The third kappa shape index (κ3) is 6.08. The first-order valence-electron chi connectivity index (χ1n) is 11.5. The lowest BCUT2D eigenvalue weighted by molar-refractivity contribution is 0.0941. The topological polar surface area (TPSA) is 88.2 Å². The smallest absolute Gasteiger partial charge is 0.251 e. The van der Waals surface area contributed by atoms with E-state index in [0.717, 1.165) is 31.2 Å². The highest BCUT2D eigenvalue weighted by Gasteiger charge is 2.25. The Kier molecular flexibility index (Phi) is 8.93. The summed E-state index contributed by atoms with van der Waals surface area (Å²) in [5, 5.41) is 2.96. The van der Waals surface area contributed by atoms with Gasteiger partial charge in [0.25, 0.3) is 5.91 Å². The quantitative estimate of drug-likeness (QED) is 0.582. The Bertz CT molecular complexity index is 1060. The number of amides is 1. The van der Waals surface area contributed by atoms with Gasteiger partial charge in [-0.15, -0.1) is 0 Å². The van der Waals surface area contributed by atoms with Gasteiger partial charge in [-0.1, -0.05) is 18.9 Å². The Hall–Kier alpha value is -2.62. The van der Waals surface area contributed by atoms with Crippen LogP contribution in [0.25, 0.3) is 0 Å². The van der Waals surface area contributed by atoms with Crippen LogP contribution in [0.1, 0.15) is 47.6 Å². The molecule has 1 aliphatic heterocycles. The maximum absolute atomic E-state index is 13.0. The first-order chi connectivity index (χ1) is 16.3. The zero-order valence-electron chi connectivity index (χ0n) is 20.4. The summed E-state index contributed by atoms with van der Waals surface area (Å²) in [6.45, 7) is 1.47. The maximum atomic E-state index is 13.0. The highest BCUT2D eigenvalue weighted by atomic mass is 32.2. The van der Waals surface area contributed by atoms with Gasteiger partial charge < -0.3 is 19.7 Å². The molecule has 8 nitrogen and oxygen atoms in total. The van der Waals surface area contributed by atoms with Crippen molar-refractivity contribution in [3.8, 4) is 11.5 Å². The lowest BCUT2D eigenvalue weighted by atomic mass is 10.0. The molecule has 0 aliphatic carbocycles. The molecule has 1 aliphatic rings. The largest absolute Gasteiger partial charge is 0.493 e. The molecule has 1 amide bonds. The molecule has 186 valence electrons. The Morgan fingerprint density at radius 3 is 2.15 bits per heavy atom. The summed E-state index contributed by atoms with van der Waals surface area (Å²) >= 11 is 0. The van der Waals surface area contributed by atoms with Gasteiger partial charge in [0.1, 0.15) is 0 Å². The Morgan fingerprint density at radius 1 is 0.971 bits per heavy atom. The first-order valence-corrected chi connectivity index (χ1v) is 13.0. The molecule has 1 heterocycles. The van der Waals surface area contributed by atoms with Crippen LogP contribution in [0.4, 0.5) is 0 Å². The highest BCUT2D eigenvalue weighted by molar-refractivity contribution is 7.89. The monoisotopic (exact) mass is 489 g/mol. The molecule has 0 aromatic heterocycles. The summed E-state index contributed by atoms with van der Waals surface area (Å²) in [4.78, 5) is 15.0. The zero-order chi connectivity index (χ0) is 24.7. The standard InChI is InChI=1S/C25H35N3O5S/c1-27(2)22(20-11-14-23(32-3)24(17-20)33-4)18-26-25(29)19-9-12-21(13-10-19)34(30,31)28-15-7-5-6-8-16-28/h9-14,17,22H,5-8,15-16,18H2,1-4H3,(H,26,29)/t22-/m1/s1. The second kappa shape index (κ2) is 11.7. The van der Waals surface area contributed by atoms with E-state index in [1.807, 2.05) is 37.2 Å². The van der Waals surface area contributed by atoms with Crippen molar-refractivity contribution in [2.75, 3.05) is 47.9 Å². The highest BCUT2D eigenvalue weighted by Crippen LogP contribution is 2.31. The van der Waals surface area contributed by atoms with E-state index in [4.69, 9.17) is 9.47 Å². The minimum Gasteiger partial charge on any atom is -0.493 e. The summed E-state index contributed by atoms with van der Waals surface area (Å²) in [6, 6.07) is 11.8. The number of nitrogens with zero attached hydrogens (tertiary/aromatic N) is 2. The molecule has 9 heteroatoms. The van der Waals surface area contributed by atoms with Gasteiger partial charge in [0, 0.05) is 25.2 Å². The molecule has 0 radical (unpaired) electrons. The fraction of sp³-hybridized carbons (Fsp3) is 0.480. The normalized spacial score (nSPS) is 16.0. The zero-order valence-corrected chi connectivity index (χ0v) is 21.2. The van der Waals surface area contributed by atoms with Crippen molar-refractivity contribution in [1.29, 1.82) is 0 Å². The maximum Gasteiger partial charge on any atom is 0.251 e. The lowest BCUT2D eigenvalue weighted by Crippen LogP contribution is -2.34. The summed E-state index contributed by atoms with van der Waals surface area (Å²) in [5.74, 6) is 1.01. The molecule has 1 N–H and O–H groups in total. The Morgan fingerprint density at radius 2 is 1.59 bits per heavy atom. The fourth-order valence-electron chi connectivity index (χ4n) is 4.16. The molecule has 0 spiro atoms. The summed E-state index contributed by atoms with van der Waals surface area (Å²) in [5.41, 5.74) is 1.39. The molecular weight excluding hydrogens is 454 g/mol. The van der Waals surface area contributed by atoms with Crippen molar-refractivity contribution in [2.24, 2.45) is 0 Å². The summed E-state index contributed by atoms with van der Waals surface area (Å²) in [7, 11) is 3.52. The number of hydrogen-bond acceptors (Lipinski definition) is 6. The molecule has 3 rings (SSSR count). The molecule has 0 bridgehead atoms. The van der Waals surface area contributed by atoms with Gasteiger partial charge in [-0.05, 0) is 68.9 Å². The van der Waals surface area contributed by atoms with Gasteiger partial charge in [-0.3, -0.25) is 4.79 Å². The van der Waals surface area contributed by atoms with E-state index in [-0.39, 0.29) is 16.8 Å². The van der Waals surface area contributed by atoms with Crippen molar-refractivity contribution >= 4 is 15.9 Å². The third-order valence-corrected chi connectivity index (χ3v) is 8.10. The van der Waals surface area contributed by atoms with E-state index in [1.165, 1.54) is 12.1 Å². The summed E-state index contributed by atoms with van der Waals surface area (Å²) in [6.07, 6.45) is 3.88. The van der Waals surface area contributed by atoms with Crippen molar-refractivity contribution < 1.29 is 22.7 Å². The number of sulfonamides is 1. The van der Waals surface area contributed by atoms with E-state index < -0.39 is 10.0 Å². The SMILES string of the molecule is COc1ccc([C@@H](CNC(=O)c2ccc(S(=O)(=O)N3CCCCCC3)cc2)N(C)C)cc1OC. The first kappa shape index (κ1) is 26.0. The minimum atomic E-state index is -3.54. The second-order valence-electron chi connectivity index (χ2n) is 8.65. The van der Waals surface area contributed by atoms with Crippen LogP contribution in [0, 0.1) is 0 Å². The number of hydrogen-bond donors (Lipinski definition) is 1. The minimum absolute atomic E-state index is 0.0913. The number of carbonyl (C=O) groups excluding carboxylic acids is 1. The number of ether oxygens (including phenoxy) is 2. The van der Waals surface area contributed by atoms with Crippen molar-refractivity contribution in [3.63, 3.8) is 0 Å². The molecule has 0 saturated carbocycles. The van der Waals surface area contributed by atoms with E-state index in [0.29, 0.717) is 36.7 Å². The molecule has 0 unspecified atom stereocenters. The van der Waals surface area contributed by atoms with Crippen LogP contribution in [0.5, 0.6) is 11.5 Å². The molecule has 2 aromatic rings. The third-order valence-electron chi connectivity index (χ3n) is 6.19. The number of likely N-dealkylation sites (N-methyl/N-ethyl adjacent to an activating group) is 1. The molecular formula is C25H35N3O5S. The van der Waals surface area contributed by atoms with Gasteiger partial charge >= 0.3 is 0 Å². The fourth-order valence-corrected chi connectivity index (χ4v) is 5.68. The molecule has 2 aromatic carbocycles. The van der Waals surface area contributed by atoms with Crippen molar-refractivity contribution in [2.45, 2.75) is 36.6 Å². The van der Waals surface area contributed by atoms with Crippen LogP contribution in [0.3, 0.4) is 0 Å². The summed E-state index contributed by atoms with van der Waals surface area (Å²) < 4.78 is 38.2. The number of nitrogens with one attached hydrogen (secondary N) is 1. The lowest BCUT2D eigenvalue weighted by Gasteiger charge is -2.26. The Balaban J connectivity index is 1.69. The van der Waals surface area contributed by atoms with Crippen LogP contribution in [0.2, 0.25) is 0 Å². The van der Waals surface area contributed by atoms with E-state index in [2.05, 4.69) is 5.32 Å². The number of methoxy groups -OCH3 is 2. The van der Waals surface area contributed by atoms with Gasteiger partial charge in [0.05, 0.1) is 25.2 Å². The second-order valence-corrected chi connectivity index (χ2v) is 10.6. The molecule has 1 atom stereocenters. The predicted molar refractivity (Wildman–Crippen MR) is 132 cm³/mol. The number of carbonyl (C=O) groups is 1. The van der Waals surface area contributed by atoms with Gasteiger partial charge in [-0.25, -0.2) is 8.42 Å². The van der Waals surface area contributed by atoms with E-state index >= 15 is 0 Å². The van der Waals surface area contributed by atoms with Gasteiger partial charge in [0.15, 0.2) is 11.5 Å². The van der Waals surface area contributed by atoms with Crippen LogP contribution in [-0.4, -0.2) is 71.5 Å². The van der Waals surface area contributed by atoms with E-state index in [1.54, 1.807) is 30.7 Å². The van der Waals surface area contributed by atoms with Crippen LogP contribution in [-0.2, 0) is 10.0 Å². The van der Waals surface area contributed by atoms with Crippen LogP contribution >= 0.6 is 0 Å². The Labute approximate surface area is 202 Å². The average Bonchev–Trinajstić information content (AvgIpc) is 3.14. The van der Waals surface area contributed by atoms with E-state index in [9.17, 15) is 13.2 Å². The number of benzene rings is 2. The predicted octanol–water partition coefficient (Wildman–Crippen LogP) is 3.30. The van der Waals surface area contributed by atoms with Gasteiger partial charge in [0.2, 0.25) is 10.0 Å².